The summed E-state index contributed by atoms with van der Waals surface area (Å²) in [4.78, 5) is 4.05. The first-order chi connectivity index (χ1) is 8.84. The number of hydrogen-bond donors (Lipinski definition) is 0. The van der Waals surface area contributed by atoms with Crippen molar-refractivity contribution < 1.29 is 4.57 Å². The summed E-state index contributed by atoms with van der Waals surface area (Å²) in [6.07, 6.45) is 5.83. The van der Waals surface area contributed by atoms with Crippen LogP contribution in [0.15, 0.2) is 61.1 Å². The second-order valence-electron chi connectivity index (χ2n) is 4.50. The van der Waals surface area contributed by atoms with Crippen LogP contribution < -0.4 is 4.57 Å². The minimum Gasteiger partial charge on any atom is -0.265 e. The number of fused-ring (bicyclic) bond motifs is 1. The van der Waals surface area contributed by atoms with Gasteiger partial charge in [-0.05, 0) is 30.7 Å². The SMILES string of the molecule is Cc1cc[n+](Cc2ccncc2)c2ccccc12. The molecule has 2 aromatic heterocycles. The van der Waals surface area contributed by atoms with E-state index in [1.165, 1.54) is 22.0 Å². The molecule has 0 saturated carbocycles. The van der Waals surface area contributed by atoms with E-state index in [1.807, 2.05) is 12.4 Å². The van der Waals surface area contributed by atoms with E-state index in [1.54, 1.807) is 0 Å². The third-order valence-corrected chi connectivity index (χ3v) is 3.25. The van der Waals surface area contributed by atoms with Crippen molar-refractivity contribution in [2.24, 2.45) is 0 Å². The van der Waals surface area contributed by atoms with Crippen molar-refractivity contribution in [2.45, 2.75) is 13.5 Å². The first-order valence-electron chi connectivity index (χ1n) is 6.11. The molecule has 0 amide bonds. The van der Waals surface area contributed by atoms with Gasteiger partial charge in [0.25, 0.3) is 0 Å². The highest BCUT2D eigenvalue weighted by Gasteiger charge is 2.10. The van der Waals surface area contributed by atoms with Crippen LogP contribution in [0.5, 0.6) is 0 Å². The molecule has 0 N–H and O–H groups in total. The Morgan fingerprint density at radius 1 is 1.00 bits per heavy atom. The molecule has 1 aromatic carbocycles. The van der Waals surface area contributed by atoms with Crippen LogP contribution in [0.3, 0.4) is 0 Å². The lowest BCUT2D eigenvalue weighted by molar-refractivity contribution is -0.662. The standard InChI is InChI=1S/C16H15N2/c1-13-8-11-18(12-14-6-9-17-10-7-14)16-5-3-2-4-15(13)16/h2-11H,12H2,1H3/q+1. The number of pyridine rings is 2. The Morgan fingerprint density at radius 2 is 1.78 bits per heavy atom. The monoisotopic (exact) mass is 235 g/mol. The molecule has 0 radical (unpaired) electrons. The molecule has 18 heavy (non-hydrogen) atoms. The highest BCUT2D eigenvalue weighted by molar-refractivity contribution is 5.78. The predicted octanol–water partition coefficient (Wildman–Crippen LogP) is 2.88. The smallest absolute Gasteiger partial charge is 0.213 e. The Balaban J connectivity index is 2.10. The molecular formula is C16H15N2+. The Bertz CT molecular complexity index is 675. The average Bonchev–Trinajstić information content (AvgIpc) is 2.44. The molecule has 3 aromatic rings. The fourth-order valence-corrected chi connectivity index (χ4v) is 2.25. The number of aromatic nitrogens is 2. The van der Waals surface area contributed by atoms with Gasteiger partial charge < -0.3 is 0 Å². The van der Waals surface area contributed by atoms with Gasteiger partial charge in [-0.15, -0.1) is 0 Å². The van der Waals surface area contributed by atoms with Crippen LogP contribution in [0.1, 0.15) is 11.1 Å². The van der Waals surface area contributed by atoms with E-state index in [2.05, 4.69) is 65.1 Å². The summed E-state index contributed by atoms with van der Waals surface area (Å²) in [6.45, 7) is 3.03. The molecule has 0 bridgehead atoms. The molecule has 88 valence electrons. The summed E-state index contributed by atoms with van der Waals surface area (Å²) in [5.74, 6) is 0. The lowest BCUT2D eigenvalue weighted by Gasteiger charge is -2.03. The fraction of sp³-hybridized carbons (Fsp3) is 0.125. The van der Waals surface area contributed by atoms with Gasteiger partial charge in [-0.2, -0.15) is 4.57 Å². The number of aryl methyl sites for hydroxylation is 1. The maximum absolute atomic E-state index is 4.05. The summed E-state index contributed by atoms with van der Waals surface area (Å²) in [5.41, 5.74) is 3.86. The third kappa shape index (κ3) is 1.97. The zero-order valence-corrected chi connectivity index (χ0v) is 10.4. The Kier molecular flexibility index (Phi) is 2.77. The molecule has 0 fully saturated rings. The zero-order chi connectivity index (χ0) is 12.4. The molecule has 0 aliphatic heterocycles. The summed E-state index contributed by atoms with van der Waals surface area (Å²) in [6, 6.07) is 14.8. The normalized spacial score (nSPS) is 10.7. The van der Waals surface area contributed by atoms with Gasteiger partial charge in [0.15, 0.2) is 12.7 Å². The summed E-state index contributed by atoms with van der Waals surface area (Å²) in [5, 5.41) is 1.31. The Morgan fingerprint density at radius 3 is 2.61 bits per heavy atom. The van der Waals surface area contributed by atoms with Crippen LogP contribution in [-0.4, -0.2) is 4.98 Å². The minimum atomic E-state index is 0.878. The predicted molar refractivity (Wildman–Crippen MR) is 72.2 cm³/mol. The summed E-state index contributed by atoms with van der Waals surface area (Å²) >= 11 is 0. The maximum Gasteiger partial charge on any atom is 0.213 e. The number of hydrogen-bond acceptors (Lipinski definition) is 1. The van der Waals surface area contributed by atoms with Crippen molar-refractivity contribution in [2.75, 3.05) is 0 Å². The summed E-state index contributed by atoms with van der Waals surface area (Å²) < 4.78 is 2.28. The van der Waals surface area contributed by atoms with Gasteiger partial charge >= 0.3 is 0 Å². The molecule has 2 heterocycles. The first-order valence-corrected chi connectivity index (χ1v) is 6.11. The molecular weight excluding hydrogens is 220 g/mol. The van der Waals surface area contributed by atoms with Crippen molar-refractivity contribution in [3.05, 3.63) is 72.2 Å². The van der Waals surface area contributed by atoms with Crippen LogP contribution in [0.4, 0.5) is 0 Å². The van der Waals surface area contributed by atoms with Gasteiger partial charge in [-0.3, -0.25) is 4.98 Å². The van der Waals surface area contributed by atoms with Gasteiger partial charge in [0, 0.05) is 35.5 Å². The number of para-hydroxylation sites is 1. The first kappa shape index (κ1) is 10.9. The number of rotatable bonds is 2. The molecule has 2 nitrogen and oxygen atoms in total. The van der Waals surface area contributed by atoms with Crippen LogP contribution in [0.25, 0.3) is 10.9 Å². The van der Waals surface area contributed by atoms with Gasteiger partial charge in [-0.25, -0.2) is 0 Å². The molecule has 3 rings (SSSR count). The van der Waals surface area contributed by atoms with Crippen molar-refractivity contribution in [3.8, 4) is 0 Å². The second kappa shape index (κ2) is 4.57. The molecule has 0 spiro atoms. The topological polar surface area (TPSA) is 16.8 Å². The highest BCUT2D eigenvalue weighted by atomic mass is 14.9. The molecule has 0 saturated heterocycles. The van der Waals surface area contributed by atoms with E-state index in [4.69, 9.17) is 0 Å². The molecule has 0 aliphatic rings. The number of benzene rings is 1. The lowest BCUT2D eigenvalue weighted by atomic mass is 10.1. The van der Waals surface area contributed by atoms with Crippen LogP contribution in [0, 0.1) is 6.92 Å². The zero-order valence-electron chi connectivity index (χ0n) is 10.4. The largest absolute Gasteiger partial charge is 0.265 e. The molecule has 0 atom stereocenters. The van der Waals surface area contributed by atoms with Gasteiger partial charge in [0.2, 0.25) is 5.52 Å². The minimum absolute atomic E-state index is 0.878. The number of nitrogens with zero attached hydrogens (tertiary/aromatic N) is 2. The molecule has 2 heteroatoms. The Hall–Kier alpha value is -2.22. The van der Waals surface area contributed by atoms with E-state index in [9.17, 15) is 0 Å². The lowest BCUT2D eigenvalue weighted by Crippen LogP contribution is -2.34. The van der Waals surface area contributed by atoms with Crippen LogP contribution in [-0.2, 0) is 6.54 Å². The van der Waals surface area contributed by atoms with Crippen molar-refractivity contribution in [1.29, 1.82) is 0 Å². The van der Waals surface area contributed by atoms with Gasteiger partial charge in [0.1, 0.15) is 0 Å². The summed E-state index contributed by atoms with van der Waals surface area (Å²) in [7, 11) is 0. The van der Waals surface area contributed by atoms with Gasteiger partial charge in [0.05, 0.1) is 0 Å². The van der Waals surface area contributed by atoms with Crippen molar-refractivity contribution in [1.82, 2.24) is 4.98 Å². The fourth-order valence-electron chi connectivity index (χ4n) is 2.25. The van der Waals surface area contributed by atoms with E-state index < -0.39 is 0 Å². The molecule has 0 aliphatic carbocycles. The highest BCUT2D eigenvalue weighted by Crippen LogP contribution is 2.14. The van der Waals surface area contributed by atoms with E-state index in [-0.39, 0.29) is 0 Å². The maximum atomic E-state index is 4.05. The third-order valence-electron chi connectivity index (χ3n) is 3.25. The molecule has 0 unspecified atom stereocenters. The van der Waals surface area contributed by atoms with E-state index in [0.29, 0.717) is 0 Å². The average molecular weight is 235 g/mol. The quantitative estimate of drug-likeness (QED) is 0.624. The van der Waals surface area contributed by atoms with Crippen molar-refractivity contribution in [3.63, 3.8) is 0 Å². The Labute approximate surface area is 107 Å². The van der Waals surface area contributed by atoms with Gasteiger partial charge in [-0.1, -0.05) is 12.1 Å². The van der Waals surface area contributed by atoms with Crippen LogP contribution in [0.2, 0.25) is 0 Å². The van der Waals surface area contributed by atoms with Crippen molar-refractivity contribution >= 4 is 10.9 Å². The van der Waals surface area contributed by atoms with E-state index >= 15 is 0 Å². The van der Waals surface area contributed by atoms with Crippen LogP contribution >= 0.6 is 0 Å². The second-order valence-corrected chi connectivity index (χ2v) is 4.50. The van der Waals surface area contributed by atoms with E-state index in [0.717, 1.165) is 6.54 Å².